The molecule has 27 heavy (non-hydrogen) atoms. The number of amides is 1. The molecule has 0 saturated heterocycles. The average molecular weight is 381 g/mol. The summed E-state index contributed by atoms with van der Waals surface area (Å²) in [5.74, 6) is 0.292. The fraction of sp³-hybridized carbons (Fsp3) is 0.261. The molecule has 0 fully saturated rings. The maximum Gasteiger partial charge on any atom is 0.272 e. The Morgan fingerprint density at radius 3 is 2.59 bits per heavy atom. The Hall–Kier alpha value is -2.52. The minimum atomic E-state index is -0.142. The fourth-order valence-electron chi connectivity index (χ4n) is 3.37. The lowest BCUT2D eigenvalue weighted by Crippen LogP contribution is -2.18. The number of allylic oxidation sites excluding steroid dienone is 1. The van der Waals surface area contributed by atoms with Gasteiger partial charge < -0.3 is 9.88 Å². The van der Waals surface area contributed by atoms with Crippen molar-refractivity contribution in [3.8, 4) is 0 Å². The average Bonchev–Trinajstić information content (AvgIpc) is 2.90. The number of carbonyl (C=O) groups excluding carboxylic acids is 1. The Balaban J connectivity index is 2.09. The molecule has 0 aliphatic rings. The third kappa shape index (κ3) is 3.65. The molecule has 1 amide bonds. The van der Waals surface area contributed by atoms with Gasteiger partial charge in [-0.1, -0.05) is 43.7 Å². The van der Waals surface area contributed by atoms with Gasteiger partial charge in [0.25, 0.3) is 5.91 Å². The van der Waals surface area contributed by atoms with Crippen LogP contribution in [0.25, 0.3) is 10.9 Å². The molecule has 3 aromatic rings. The maximum atomic E-state index is 13.1. The zero-order chi connectivity index (χ0) is 19.7. The molecular weight excluding hydrogens is 356 g/mol. The Morgan fingerprint density at radius 1 is 1.22 bits per heavy atom. The highest BCUT2D eigenvalue weighted by Gasteiger charge is 2.20. The summed E-state index contributed by atoms with van der Waals surface area (Å²) in [5, 5.41) is 4.73. The predicted molar refractivity (Wildman–Crippen MR) is 115 cm³/mol. The van der Waals surface area contributed by atoms with Gasteiger partial charge in [-0.3, -0.25) is 4.79 Å². The normalized spacial score (nSPS) is 11.2. The van der Waals surface area contributed by atoms with Crippen LogP contribution in [0.2, 0.25) is 5.02 Å². The number of nitrogens with one attached hydrogen (secondary N) is 1. The maximum absolute atomic E-state index is 13.1. The van der Waals surface area contributed by atoms with Crippen molar-refractivity contribution in [1.82, 2.24) is 4.57 Å². The van der Waals surface area contributed by atoms with Gasteiger partial charge in [-0.05, 0) is 60.7 Å². The molecule has 3 nitrogen and oxygen atoms in total. The molecule has 0 atom stereocenters. The summed E-state index contributed by atoms with van der Waals surface area (Å²) < 4.78 is 2.02. The van der Waals surface area contributed by atoms with E-state index < -0.39 is 0 Å². The van der Waals surface area contributed by atoms with E-state index in [9.17, 15) is 4.79 Å². The molecule has 0 spiro atoms. The molecule has 1 aromatic heterocycles. The van der Waals surface area contributed by atoms with Gasteiger partial charge in [0.05, 0.1) is 0 Å². The van der Waals surface area contributed by atoms with Crippen molar-refractivity contribution in [1.29, 1.82) is 0 Å². The zero-order valence-electron chi connectivity index (χ0n) is 16.3. The number of fused-ring (bicyclic) bond motifs is 1. The van der Waals surface area contributed by atoms with E-state index in [1.165, 1.54) is 5.56 Å². The summed E-state index contributed by atoms with van der Waals surface area (Å²) in [5.41, 5.74) is 5.61. The minimum Gasteiger partial charge on any atom is -0.332 e. The van der Waals surface area contributed by atoms with E-state index in [-0.39, 0.29) is 5.91 Å². The first kappa shape index (κ1) is 19.2. The Labute approximate surface area is 165 Å². The largest absolute Gasteiger partial charge is 0.332 e. The van der Waals surface area contributed by atoms with Crippen LogP contribution in [0.3, 0.4) is 0 Å². The summed E-state index contributed by atoms with van der Waals surface area (Å²) in [6, 6.07) is 12.0. The quantitative estimate of drug-likeness (QED) is 0.505. The van der Waals surface area contributed by atoms with Crippen molar-refractivity contribution >= 4 is 34.1 Å². The standard InChI is InChI=1S/C23H25ClN2O/c1-6-11-26-21-10-8-17(14(2)3)12-19(21)16(5)22(26)23(27)25-18-9-7-15(4)20(24)13-18/h6-10,12-14H,1,11H2,2-5H3,(H,25,27). The van der Waals surface area contributed by atoms with E-state index in [2.05, 4.69) is 43.9 Å². The molecule has 0 aliphatic carbocycles. The van der Waals surface area contributed by atoms with Crippen LogP contribution in [0.15, 0.2) is 49.1 Å². The molecule has 4 heteroatoms. The van der Waals surface area contributed by atoms with Crippen LogP contribution in [0, 0.1) is 13.8 Å². The summed E-state index contributed by atoms with van der Waals surface area (Å²) >= 11 is 6.20. The minimum absolute atomic E-state index is 0.142. The molecule has 0 aliphatic heterocycles. The van der Waals surface area contributed by atoms with Gasteiger partial charge in [0.2, 0.25) is 0 Å². The molecule has 140 valence electrons. The van der Waals surface area contributed by atoms with E-state index in [1.807, 2.05) is 36.6 Å². The molecule has 2 aromatic carbocycles. The predicted octanol–water partition coefficient (Wildman–Crippen LogP) is 6.47. The molecule has 0 saturated carbocycles. The first-order valence-electron chi connectivity index (χ1n) is 9.14. The Morgan fingerprint density at radius 2 is 1.96 bits per heavy atom. The third-order valence-corrected chi connectivity index (χ3v) is 5.37. The lowest BCUT2D eigenvalue weighted by molar-refractivity contribution is 0.101. The number of halogens is 1. The highest BCUT2D eigenvalue weighted by molar-refractivity contribution is 6.31. The lowest BCUT2D eigenvalue weighted by atomic mass is 10.0. The van der Waals surface area contributed by atoms with Crippen molar-refractivity contribution < 1.29 is 4.79 Å². The lowest BCUT2D eigenvalue weighted by Gasteiger charge is -2.11. The Kier molecular flexibility index (Phi) is 5.43. The van der Waals surface area contributed by atoms with Crippen LogP contribution >= 0.6 is 11.6 Å². The molecule has 0 radical (unpaired) electrons. The first-order chi connectivity index (χ1) is 12.8. The van der Waals surface area contributed by atoms with E-state index in [0.29, 0.717) is 28.9 Å². The van der Waals surface area contributed by atoms with Crippen LogP contribution in [0.4, 0.5) is 5.69 Å². The van der Waals surface area contributed by atoms with Gasteiger partial charge in [0.15, 0.2) is 0 Å². The van der Waals surface area contributed by atoms with Gasteiger partial charge in [0.1, 0.15) is 5.69 Å². The topological polar surface area (TPSA) is 34.0 Å². The number of anilines is 1. The smallest absolute Gasteiger partial charge is 0.272 e. The van der Waals surface area contributed by atoms with Crippen molar-refractivity contribution in [2.24, 2.45) is 0 Å². The Bertz CT molecular complexity index is 1030. The molecule has 0 bridgehead atoms. The van der Waals surface area contributed by atoms with Crippen molar-refractivity contribution in [3.05, 3.63) is 76.5 Å². The SMILES string of the molecule is C=CCn1c(C(=O)Nc2ccc(C)c(Cl)c2)c(C)c2cc(C(C)C)ccc21. The third-order valence-electron chi connectivity index (χ3n) is 4.96. The molecule has 1 N–H and O–H groups in total. The van der Waals surface area contributed by atoms with Crippen molar-refractivity contribution in [2.75, 3.05) is 5.32 Å². The van der Waals surface area contributed by atoms with Crippen LogP contribution < -0.4 is 5.32 Å². The molecule has 1 heterocycles. The van der Waals surface area contributed by atoms with Gasteiger partial charge in [0, 0.05) is 28.2 Å². The van der Waals surface area contributed by atoms with E-state index in [1.54, 1.807) is 6.07 Å². The molecule has 0 unspecified atom stereocenters. The van der Waals surface area contributed by atoms with Gasteiger partial charge in [-0.25, -0.2) is 0 Å². The summed E-state index contributed by atoms with van der Waals surface area (Å²) in [6.45, 7) is 12.7. The number of hydrogen-bond acceptors (Lipinski definition) is 1. The van der Waals surface area contributed by atoms with E-state index >= 15 is 0 Å². The number of nitrogens with zero attached hydrogens (tertiary/aromatic N) is 1. The number of carbonyl (C=O) groups is 1. The number of aromatic nitrogens is 1. The van der Waals surface area contributed by atoms with Crippen LogP contribution in [0.5, 0.6) is 0 Å². The first-order valence-corrected chi connectivity index (χ1v) is 9.52. The van der Waals surface area contributed by atoms with E-state index in [0.717, 1.165) is 22.0 Å². The zero-order valence-corrected chi connectivity index (χ0v) is 17.0. The molecular formula is C23H25ClN2O. The van der Waals surface area contributed by atoms with Gasteiger partial charge in [-0.2, -0.15) is 0 Å². The van der Waals surface area contributed by atoms with Crippen LogP contribution in [-0.4, -0.2) is 10.5 Å². The van der Waals surface area contributed by atoms with Crippen molar-refractivity contribution in [3.63, 3.8) is 0 Å². The highest BCUT2D eigenvalue weighted by Crippen LogP contribution is 2.30. The summed E-state index contributed by atoms with van der Waals surface area (Å²) in [6.07, 6.45) is 1.81. The fourth-order valence-corrected chi connectivity index (χ4v) is 3.55. The second-order valence-electron chi connectivity index (χ2n) is 7.22. The van der Waals surface area contributed by atoms with E-state index in [4.69, 9.17) is 11.6 Å². The monoisotopic (exact) mass is 380 g/mol. The number of aryl methyl sites for hydroxylation is 2. The second-order valence-corrected chi connectivity index (χ2v) is 7.63. The summed E-state index contributed by atoms with van der Waals surface area (Å²) in [7, 11) is 0. The van der Waals surface area contributed by atoms with Crippen LogP contribution in [-0.2, 0) is 6.54 Å². The van der Waals surface area contributed by atoms with Gasteiger partial charge >= 0.3 is 0 Å². The summed E-state index contributed by atoms with van der Waals surface area (Å²) in [4.78, 5) is 13.1. The number of rotatable bonds is 5. The van der Waals surface area contributed by atoms with Crippen LogP contribution in [0.1, 0.15) is 46.9 Å². The van der Waals surface area contributed by atoms with Gasteiger partial charge in [-0.15, -0.1) is 6.58 Å². The number of benzene rings is 2. The number of hydrogen-bond donors (Lipinski definition) is 1. The second kappa shape index (κ2) is 7.61. The van der Waals surface area contributed by atoms with Crippen molar-refractivity contribution in [2.45, 2.75) is 40.2 Å². The molecule has 3 rings (SSSR count). The highest BCUT2D eigenvalue weighted by atomic mass is 35.5.